The van der Waals surface area contributed by atoms with Crippen LogP contribution >= 0.6 is 35.3 Å². The molecule has 0 aliphatic rings. The summed E-state index contributed by atoms with van der Waals surface area (Å²) in [6.07, 6.45) is 7.08. The SMILES string of the molecule is CCNC(=NCCCc1cnn(C)c1)NCCc1cccs1.I. The highest BCUT2D eigenvalue weighted by molar-refractivity contribution is 14.0. The van der Waals surface area contributed by atoms with E-state index >= 15 is 0 Å². The average Bonchev–Trinajstić information content (AvgIpc) is 3.15. The summed E-state index contributed by atoms with van der Waals surface area (Å²) in [4.78, 5) is 6.03. The van der Waals surface area contributed by atoms with Gasteiger partial charge in [-0.2, -0.15) is 5.10 Å². The molecule has 0 saturated heterocycles. The summed E-state index contributed by atoms with van der Waals surface area (Å²) in [6.45, 7) is 4.71. The molecule has 0 aromatic carbocycles. The molecule has 0 atom stereocenters. The zero-order chi connectivity index (χ0) is 15.6. The molecule has 2 aromatic heterocycles. The lowest BCUT2D eigenvalue weighted by Gasteiger charge is -2.10. The van der Waals surface area contributed by atoms with Crippen LogP contribution in [0, 0.1) is 0 Å². The van der Waals surface area contributed by atoms with E-state index in [0.29, 0.717) is 0 Å². The van der Waals surface area contributed by atoms with Gasteiger partial charge in [0.1, 0.15) is 0 Å². The number of thiophene rings is 1. The molecule has 128 valence electrons. The quantitative estimate of drug-likeness (QED) is 0.283. The first-order valence-corrected chi connectivity index (χ1v) is 8.68. The number of rotatable bonds is 8. The molecule has 23 heavy (non-hydrogen) atoms. The number of hydrogen-bond donors (Lipinski definition) is 2. The van der Waals surface area contributed by atoms with E-state index in [-0.39, 0.29) is 24.0 Å². The van der Waals surface area contributed by atoms with Crippen molar-refractivity contribution in [3.8, 4) is 0 Å². The topological polar surface area (TPSA) is 54.2 Å². The molecule has 0 spiro atoms. The lowest BCUT2D eigenvalue weighted by Crippen LogP contribution is -2.38. The predicted molar refractivity (Wildman–Crippen MR) is 109 cm³/mol. The third kappa shape index (κ3) is 7.83. The monoisotopic (exact) mass is 447 g/mol. The van der Waals surface area contributed by atoms with Crippen LogP contribution in [-0.2, 0) is 19.9 Å². The van der Waals surface area contributed by atoms with Gasteiger partial charge in [-0.05, 0) is 43.2 Å². The van der Waals surface area contributed by atoms with E-state index in [1.807, 2.05) is 17.9 Å². The molecule has 0 radical (unpaired) electrons. The van der Waals surface area contributed by atoms with Crippen LogP contribution in [0.1, 0.15) is 23.8 Å². The minimum absolute atomic E-state index is 0. The van der Waals surface area contributed by atoms with Crippen molar-refractivity contribution < 1.29 is 0 Å². The molecule has 0 saturated carbocycles. The number of nitrogens with one attached hydrogen (secondary N) is 2. The summed E-state index contributed by atoms with van der Waals surface area (Å²) < 4.78 is 1.84. The van der Waals surface area contributed by atoms with Crippen LogP contribution in [0.3, 0.4) is 0 Å². The first kappa shape index (κ1) is 20.0. The minimum Gasteiger partial charge on any atom is -0.357 e. The Bertz CT molecular complexity index is 565. The maximum atomic E-state index is 4.62. The van der Waals surface area contributed by atoms with Crippen molar-refractivity contribution in [3.63, 3.8) is 0 Å². The van der Waals surface area contributed by atoms with Crippen LogP contribution in [0.4, 0.5) is 0 Å². The van der Waals surface area contributed by atoms with E-state index in [0.717, 1.165) is 44.9 Å². The van der Waals surface area contributed by atoms with Gasteiger partial charge in [0.25, 0.3) is 0 Å². The Morgan fingerprint density at radius 3 is 2.87 bits per heavy atom. The Morgan fingerprint density at radius 2 is 2.22 bits per heavy atom. The molecule has 0 fully saturated rings. The Balaban J connectivity index is 0.00000264. The number of aromatic nitrogens is 2. The number of halogens is 1. The Labute approximate surface area is 159 Å². The molecule has 5 nitrogen and oxygen atoms in total. The molecule has 0 unspecified atom stereocenters. The number of aryl methyl sites for hydroxylation is 2. The van der Waals surface area contributed by atoms with Crippen LogP contribution in [0.5, 0.6) is 0 Å². The van der Waals surface area contributed by atoms with Gasteiger partial charge in [-0.25, -0.2) is 0 Å². The Hall–Kier alpha value is -1.09. The largest absolute Gasteiger partial charge is 0.357 e. The van der Waals surface area contributed by atoms with E-state index in [1.54, 1.807) is 11.3 Å². The fourth-order valence-electron chi connectivity index (χ4n) is 2.18. The zero-order valence-corrected chi connectivity index (χ0v) is 16.9. The first-order valence-electron chi connectivity index (χ1n) is 7.80. The van der Waals surface area contributed by atoms with Gasteiger partial charge >= 0.3 is 0 Å². The minimum atomic E-state index is 0. The summed E-state index contributed by atoms with van der Waals surface area (Å²) >= 11 is 1.80. The standard InChI is InChI=1S/C16H25N5S.HI/c1-3-17-16(19-10-8-15-7-5-11-22-15)18-9-4-6-14-12-20-21(2)13-14;/h5,7,11-13H,3-4,6,8-10H2,1-2H3,(H2,17,18,19);1H. The molecule has 2 aromatic rings. The van der Waals surface area contributed by atoms with Crippen molar-refractivity contribution >= 4 is 41.3 Å². The fourth-order valence-corrected chi connectivity index (χ4v) is 2.88. The number of guanidine groups is 1. The normalized spacial score (nSPS) is 11.1. The molecule has 0 amide bonds. The predicted octanol–water partition coefficient (Wildman–Crippen LogP) is 2.83. The van der Waals surface area contributed by atoms with E-state index in [9.17, 15) is 0 Å². The smallest absolute Gasteiger partial charge is 0.191 e. The van der Waals surface area contributed by atoms with Gasteiger partial charge in [-0.1, -0.05) is 6.07 Å². The van der Waals surface area contributed by atoms with Crippen LogP contribution < -0.4 is 10.6 Å². The lowest BCUT2D eigenvalue weighted by molar-refractivity contribution is 0.763. The fraction of sp³-hybridized carbons (Fsp3) is 0.500. The summed E-state index contributed by atoms with van der Waals surface area (Å²) in [5.41, 5.74) is 1.27. The summed E-state index contributed by atoms with van der Waals surface area (Å²) in [6, 6.07) is 4.27. The zero-order valence-electron chi connectivity index (χ0n) is 13.8. The second-order valence-corrected chi connectivity index (χ2v) is 6.17. The molecule has 0 aliphatic heterocycles. The molecular formula is C16H26IN5S. The van der Waals surface area contributed by atoms with Crippen LogP contribution in [-0.4, -0.2) is 35.4 Å². The number of nitrogens with zero attached hydrogens (tertiary/aromatic N) is 3. The van der Waals surface area contributed by atoms with Crippen molar-refractivity contribution in [1.82, 2.24) is 20.4 Å². The van der Waals surface area contributed by atoms with Gasteiger partial charge in [0.15, 0.2) is 5.96 Å². The first-order chi connectivity index (χ1) is 10.8. The highest BCUT2D eigenvalue weighted by Crippen LogP contribution is 2.08. The van der Waals surface area contributed by atoms with Crippen molar-refractivity contribution in [3.05, 3.63) is 40.3 Å². The highest BCUT2D eigenvalue weighted by Gasteiger charge is 1.99. The van der Waals surface area contributed by atoms with Crippen molar-refractivity contribution in [2.45, 2.75) is 26.2 Å². The maximum Gasteiger partial charge on any atom is 0.191 e. The lowest BCUT2D eigenvalue weighted by atomic mass is 10.2. The van der Waals surface area contributed by atoms with E-state index in [4.69, 9.17) is 0 Å². The molecule has 2 N–H and O–H groups in total. The van der Waals surface area contributed by atoms with Gasteiger partial charge in [-0.15, -0.1) is 35.3 Å². The molecule has 7 heteroatoms. The molecular weight excluding hydrogens is 421 g/mol. The number of hydrogen-bond acceptors (Lipinski definition) is 3. The second kappa shape index (κ2) is 11.4. The Kier molecular flexibility index (Phi) is 9.93. The van der Waals surface area contributed by atoms with E-state index < -0.39 is 0 Å². The average molecular weight is 447 g/mol. The second-order valence-electron chi connectivity index (χ2n) is 5.14. The van der Waals surface area contributed by atoms with Crippen molar-refractivity contribution in [1.29, 1.82) is 0 Å². The van der Waals surface area contributed by atoms with Gasteiger partial charge in [0.05, 0.1) is 6.20 Å². The van der Waals surface area contributed by atoms with Gasteiger partial charge in [0.2, 0.25) is 0 Å². The van der Waals surface area contributed by atoms with Crippen LogP contribution in [0.15, 0.2) is 34.9 Å². The van der Waals surface area contributed by atoms with Gasteiger partial charge < -0.3 is 10.6 Å². The number of aliphatic imine (C=N–C) groups is 1. The van der Waals surface area contributed by atoms with Crippen molar-refractivity contribution in [2.24, 2.45) is 12.0 Å². The molecule has 2 rings (SSSR count). The Morgan fingerprint density at radius 1 is 1.35 bits per heavy atom. The molecule has 0 bridgehead atoms. The van der Waals surface area contributed by atoms with E-state index in [1.165, 1.54) is 10.4 Å². The molecule has 2 heterocycles. The van der Waals surface area contributed by atoms with Crippen LogP contribution in [0.25, 0.3) is 0 Å². The highest BCUT2D eigenvalue weighted by atomic mass is 127. The van der Waals surface area contributed by atoms with E-state index in [2.05, 4.69) is 51.4 Å². The summed E-state index contributed by atoms with van der Waals surface area (Å²) in [5, 5.41) is 13.0. The maximum absolute atomic E-state index is 4.62. The summed E-state index contributed by atoms with van der Waals surface area (Å²) in [7, 11) is 1.95. The van der Waals surface area contributed by atoms with Gasteiger partial charge in [0, 0.05) is 37.8 Å². The third-order valence-corrected chi connectivity index (χ3v) is 4.18. The summed E-state index contributed by atoms with van der Waals surface area (Å²) in [5.74, 6) is 0.908. The van der Waals surface area contributed by atoms with Crippen molar-refractivity contribution in [2.75, 3.05) is 19.6 Å². The van der Waals surface area contributed by atoms with Gasteiger partial charge in [-0.3, -0.25) is 9.67 Å². The third-order valence-electron chi connectivity index (χ3n) is 3.24. The van der Waals surface area contributed by atoms with Crippen LogP contribution in [0.2, 0.25) is 0 Å². The molecule has 0 aliphatic carbocycles.